The van der Waals surface area contributed by atoms with Gasteiger partial charge in [-0.15, -0.1) is 0 Å². The van der Waals surface area contributed by atoms with Gasteiger partial charge in [-0.1, -0.05) is 0 Å². The van der Waals surface area contributed by atoms with Gasteiger partial charge in [0.1, 0.15) is 5.82 Å². The van der Waals surface area contributed by atoms with E-state index in [9.17, 15) is 4.79 Å². The molecule has 0 bridgehead atoms. The number of esters is 1. The molecule has 0 N–H and O–H groups in total. The van der Waals surface area contributed by atoms with E-state index in [1.807, 2.05) is 14.0 Å². The highest BCUT2D eigenvalue weighted by atomic mass is 16.5. The van der Waals surface area contributed by atoms with Crippen LogP contribution >= 0.6 is 0 Å². The maximum absolute atomic E-state index is 10.9. The molecule has 0 aromatic carbocycles. The Labute approximate surface area is 64.8 Å². The average Bonchev–Trinajstić information content (AvgIpc) is 2.31. The van der Waals surface area contributed by atoms with Crippen molar-refractivity contribution in [1.82, 2.24) is 9.55 Å². The molecular weight excluding hydrogens is 144 g/mol. The van der Waals surface area contributed by atoms with Crippen molar-refractivity contribution < 1.29 is 9.53 Å². The Morgan fingerprint density at radius 3 is 2.73 bits per heavy atom. The van der Waals surface area contributed by atoms with Crippen LogP contribution in [-0.2, 0) is 11.8 Å². The normalized spacial score (nSPS) is 9.73. The molecule has 0 saturated heterocycles. The number of carbonyl (C=O) groups is 1. The molecule has 11 heavy (non-hydrogen) atoms. The van der Waals surface area contributed by atoms with Crippen LogP contribution in [0.25, 0.3) is 0 Å². The first-order valence-electron chi connectivity index (χ1n) is 3.23. The fraction of sp³-hybridized carbons (Fsp3) is 0.429. The number of hydrogen-bond donors (Lipinski definition) is 0. The molecule has 0 aliphatic rings. The van der Waals surface area contributed by atoms with Crippen molar-refractivity contribution in [1.29, 1.82) is 0 Å². The largest absolute Gasteiger partial charge is 0.464 e. The number of carbonyl (C=O) groups excluding carboxylic acids is 1. The van der Waals surface area contributed by atoms with Gasteiger partial charge in [0.05, 0.1) is 7.11 Å². The highest BCUT2D eigenvalue weighted by molar-refractivity contribution is 5.86. The minimum Gasteiger partial charge on any atom is -0.464 e. The van der Waals surface area contributed by atoms with Crippen LogP contribution in [0.4, 0.5) is 0 Å². The van der Waals surface area contributed by atoms with Crippen molar-refractivity contribution >= 4 is 5.97 Å². The van der Waals surface area contributed by atoms with Gasteiger partial charge in [0.2, 0.25) is 0 Å². The molecule has 0 spiro atoms. The number of aromatic nitrogens is 2. The number of rotatable bonds is 1. The van der Waals surface area contributed by atoms with Gasteiger partial charge in [-0.05, 0) is 6.92 Å². The van der Waals surface area contributed by atoms with Crippen molar-refractivity contribution in [3.63, 3.8) is 0 Å². The average molecular weight is 154 g/mol. The summed E-state index contributed by atoms with van der Waals surface area (Å²) in [5.74, 6) is 0.402. The lowest BCUT2D eigenvalue weighted by atomic mass is 10.5. The standard InChI is InChI=1S/C7H10N2O2/c1-5-8-6(4-9(5)2)7(10)11-3/h4H,1-3H3. The predicted molar refractivity (Wildman–Crippen MR) is 39.3 cm³/mol. The molecule has 4 heteroatoms. The number of ether oxygens (including phenoxy) is 1. The zero-order valence-electron chi connectivity index (χ0n) is 6.79. The van der Waals surface area contributed by atoms with E-state index in [1.54, 1.807) is 10.8 Å². The minimum absolute atomic E-state index is 0.354. The van der Waals surface area contributed by atoms with Gasteiger partial charge in [0.25, 0.3) is 0 Å². The molecule has 1 aromatic heterocycles. The third-order valence-corrected chi connectivity index (χ3v) is 1.50. The quantitative estimate of drug-likeness (QED) is 0.554. The van der Waals surface area contributed by atoms with E-state index in [0.29, 0.717) is 5.69 Å². The zero-order chi connectivity index (χ0) is 8.43. The number of hydrogen-bond acceptors (Lipinski definition) is 3. The Hall–Kier alpha value is -1.32. The van der Waals surface area contributed by atoms with Crippen molar-refractivity contribution in [2.45, 2.75) is 6.92 Å². The number of aryl methyl sites for hydroxylation is 2. The van der Waals surface area contributed by atoms with Gasteiger partial charge in [0.15, 0.2) is 5.69 Å². The molecule has 1 aromatic rings. The third kappa shape index (κ3) is 1.39. The Balaban J connectivity index is 2.97. The van der Waals surface area contributed by atoms with Crippen molar-refractivity contribution in [3.8, 4) is 0 Å². The second kappa shape index (κ2) is 2.74. The Morgan fingerprint density at radius 2 is 2.36 bits per heavy atom. The molecule has 0 unspecified atom stereocenters. The Bertz CT molecular complexity index is 258. The van der Waals surface area contributed by atoms with Gasteiger partial charge < -0.3 is 9.30 Å². The second-order valence-corrected chi connectivity index (χ2v) is 2.28. The number of methoxy groups -OCH3 is 1. The summed E-state index contributed by atoms with van der Waals surface area (Å²) in [6.45, 7) is 1.83. The molecule has 60 valence electrons. The molecule has 1 rings (SSSR count). The van der Waals surface area contributed by atoms with Crippen LogP contribution in [0.5, 0.6) is 0 Å². The highest BCUT2D eigenvalue weighted by Gasteiger charge is 2.09. The number of imidazole rings is 1. The van der Waals surface area contributed by atoms with Crippen molar-refractivity contribution in [3.05, 3.63) is 17.7 Å². The molecular formula is C7H10N2O2. The molecule has 0 aliphatic carbocycles. The van der Waals surface area contributed by atoms with E-state index in [-0.39, 0.29) is 0 Å². The molecule has 0 amide bonds. The van der Waals surface area contributed by atoms with Gasteiger partial charge >= 0.3 is 5.97 Å². The monoisotopic (exact) mass is 154 g/mol. The number of nitrogens with zero attached hydrogens (tertiary/aromatic N) is 2. The molecule has 0 radical (unpaired) electrons. The van der Waals surface area contributed by atoms with Crippen LogP contribution in [0.1, 0.15) is 16.3 Å². The first kappa shape index (κ1) is 7.78. The first-order valence-corrected chi connectivity index (χ1v) is 3.23. The fourth-order valence-corrected chi connectivity index (χ4v) is 0.762. The van der Waals surface area contributed by atoms with Crippen LogP contribution < -0.4 is 0 Å². The summed E-state index contributed by atoms with van der Waals surface area (Å²) < 4.78 is 6.26. The summed E-state index contributed by atoms with van der Waals surface area (Å²) in [4.78, 5) is 14.9. The maximum Gasteiger partial charge on any atom is 0.358 e. The van der Waals surface area contributed by atoms with E-state index in [1.165, 1.54) is 7.11 Å². The van der Waals surface area contributed by atoms with Gasteiger partial charge in [-0.25, -0.2) is 9.78 Å². The highest BCUT2D eigenvalue weighted by Crippen LogP contribution is 2.00. The van der Waals surface area contributed by atoms with Gasteiger partial charge in [-0.3, -0.25) is 0 Å². The van der Waals surface area contributed by atoms with Crippen LogP contribution in [0.2, 0.25) is 0 Å². The van der Waals surface area contributed by atoms with Gasteiger partial charge in [-0.2, -0.15) is 0 Å². The summed E-state index contributed by atoms with van der Waals surface area (Å²) in [7, 11) is 3.17. The SMILES string of the molecule is COC(=O)c1cn(C)c(C)n1. The van der Waals surface area contributed by atoms with E-state index >= 15 is 0 Å². The van der Waals surface area contributed by atoms with E-state index in [4.69, 9.17) is 0 Å². The topological polar surface area (TPSA) is 44.1 Å². The Morgan fingerprint density at radius 1 is 1.73 bits per heavy atom. The van der Waals surface area contributed by atoms with Crippen LogP contribution in [0.15, 0.2) is 6.20 Å². The molecule has 0 atom stereocenters. The summed E-state index contributed by atoms with van der Waals surface area (Å²) in [5, 5.41) is 0. The van der Waals surface area contributed by atoms with Crippen LogP contribution in [0.3, 0.4) is 0 Å². The molecule has 4 nitrogen and oxygen atoms in total. The molecule has 0 aliphatic heterocycles. The zero-order valence-corrected chi connectivity index (χ0v) is 6.79. The predicted octanol–water partition coefficient (Wildman–Crippen LogP) is 0.515. The van der Waals surface area contributed by atoms with E-state index in [2.05, 4.69) is 9.72 Å². The maximum atomic E-state index is 10.9. The van der Waals surface area contributed by atoms with Crippen molar-refractivity contribution in [2.75, 3.05) is 7.11 Å². The van der Waals surface area contributed by atoms with E-state index < -0.39 is 5.97 Å². The fourth-order valence-electron chi connectivity index (χ4n) is 0.762. The summed E-state index contributed by atoms with van der Waals surface area (Å²) in [5.41, 5.74) is 0.354. The summed E-state index contributed by atoms with van der Waals surface area (Å²) in [6.07, 6.45) is 1.64. The molecule has 0 fully saturated rings. The lowest BCUT2D eigenvalue weighted by molar-refractivity contribution is 0.0594. The second-order valence-electron chi connectivity index (χ2n) is 2.28. The summed E-state index contributed by atoms with van der Waals surface area (Å²) >= 11 is 0. The van der Waals surface area contributed by atoms with Gasteiger partial charge in [0, 0.05) is 13.2 Å². The summed E-state index contributed by atoms with van der Waals surface area (Å²) in [6, 6.07) is 0. The molecule has 0 saturated carbocycles. The Kier molecular flexibility index (Phi) is 1.94. The smallest absolute Gasteiger partial charge is 0.358 e. The third-order valence-electron chi connectivity index (χ3n) is 1.50. The lowest BCUT2D eigenvalue weighted by Gasteiger charge is -1.90. The van der Waals surface area contributed by atoms with Crippen molar-refractivity contribution in [2.24, 2.45) is 7.05 Å². The first-order chi connectivity index (χ1) is 5.15. The van der Waals surface area contributed by atoms with E-state index in [0.717, 1.165) is 5.82 Å². The minimum atomic E-state index is -0.395. The van der Waals surface area contributed by atoms with Crippen LogP contribution in [-0.4, -0.2) is 22.6 Å². The van der Waals surface area contributed by atoms with Crippen LogP contribution in [0, 0.1) is 6.92 Å². The molecule has 1 heterocycles. The lowest BCUT2D eigenvalue weighted by Crippen LogP contribution is -2.00.